The Hall–Kier alpha value is -1.18. The van der Waals surface area contributed by atoms with Crippen LogP contribution in [0.15, 0.2) is 41.3 Å². The van der Waals surface area contributed by atoms with Gasteiger partial charge in [-0.1, -0.05) is 48.7 Å². The number of aliphatic hydroxyl groups excluding tert-OH is 1. The summed E-state index contributed by atoms with van der Waals surface area (Å²) in [6.07, 6.45) is 3.47. The molecule has 0 saturated heterocycles. The Kier molecular flexibility index (Phi) is 8.31. The van der Waals surface area contributed by atoms with Crippen LogP contribution in [0.4, 0.5) is 0 Å². The van der Waals surface area contributed by atoms with E-state index in [1.165, 1.54) is 0 Å². The lowest BCUT2D eigenvalue weighted by Crippen LogP contribution is -2.25. The monoisotopic (exact) mass is 398 g/mol. The van der Waals surface area contributed by atoms with Gasteiger partial charge in [0.1, 0.15) is 0 Å². The first-order valence-electron chi connectivity index (χ1n) is 8.97. The van der Waals surface area contributed by atoms with E-state index in [9.17, 15) is 8.42 Å². The highest BCUT2D eigenvalue weighted by Crippen LogP contribution is 2.28. The summed E-state index contributed by atoms with van der Waals surface area (Å²) in [5.41, 5.74) is 0. The van der Waals surface area contributed by atoms with E-state index < -0.39 is 10.0 Å². The molecule has 0 aliphatic carbocycles. The third-order valence-corrected chi connectivity index (χ3v) is 5.98. The highest BCUT2D eigenvalue weighted by Gasteiger charge is 2.17. The van der Waals surface area contributed by atoms with Gasteiger partial charge in [0.25, 0.3) is 0 Å². The normalized spacial score (nSPS) is 13.2. The van der Waals surface area contributed by atoms with Crippen molar-refractivity contribution in [1.82, 2.24) is 10.0 Å². The van der Waals surface area contributed by atoms with E-state index in [4.69, 9.17) is 16.7 Å². The van der Waals surface area contributed by atoms with Gasteiger partial charge >= 0.3 is 0 Å². The average molecular weight is 399 g/mol. The summed E-state index contributed by atoms with van der Waals surface area (Å²) in [5.74, 6) is 0. The van der Waals surface area contributed by atoms with E-state index in [2.05, 4.69) is 10.0 Å². The van der Waals surface area contributed by atoms with Crippen molar-refractivity contribution >= 4 is 32.4 Å². The van der Waals surface area contributed by atoms with Gasteiger partial charge < -0.3 is 10.4 Å². The molecule has 0 radical (unpaired) electrons. The maximum atomic E-state index is 12.6. The van der Waals surface area contributed by atoms with E-state index in [0.29, 0.717) is 23.5 Å². The van der Waals surface area contributed by atoms with Crippen molar-refractivity contribution in [3.8, 4) is 0 Å². The summed E-state index contributed by atoms with van der Waals surface area (Å²) in [6.45, 7) is 3.64. The van der Waals surface area contributed by atoms with Crippen molar-refractivity contribution in [2.45, 2.75) is 43.6 Å². The van der Waals surface area contributed by atoms with Gasteiger partial charge in [0.2, 0.25) is 10.0 Å². The first kappa shape index (κ1) is 21.1. The van der Waals surface area contributed by atoms with Crippen LogP contribution in [0.25, 0.3) is 10.8 Å². The fraction of sp³-hybridized carbons (Fsp3) is 0.474. The molecule has 0 aromatic heterocycles. The number of halogens is 1. The molecule has 0 fully saturated rings. The van der Waals surface area contributed by atoms with Crippen molar-refractivity contribution in [3.63, 3.8) is 0 Å². The number of aliphatic hydroxyl groups is 1. The third-order valence-electron chi connectivity index (χ3n) is 4.13. The van der Waals surface area contributed by atoms with Crippen LogP contribution in [-0.4, -0.2) is 39.3 Å². The van der Waals surface area contributed by atoms with Crippen LogP contribution in [-0.2, 0) is 10.0 Å². The van der Waals surface area contributed by atoms with Gasteiger partial charge in [-0.25, -0.2) is 13.1 Å². The number of hydrogen-bond donors (Lipinski definition) is 3. The summed E-state index contributed by atoms with van der Waals surface area (Å²) in [7, 11) is -3.56. The highest BCUT2D eigenvalue weighted by molar-refractivity contribution is 7.89. The third kappa shape index (κ3) is 6.21. The van der Waals surface area contributed by atoms with Crippen molar-refractivity contribution in [2.24, 2.45) is 0 Å². The number of benzene rings is 2. The number of sulfonamides is 1. The molecule has 0 heterocycles. The molecule has 2 aromatic carbocycles. The van der Waals surface area contributed by atoms with Crippen LogP contribution >= 0.6 is 11.6 Å². The van der Waals surface area contributed by atoms with Gasteiger partial charge in [-0.05, 0) is 38.4 Å². The lowest BCUT2D eigenvalue weighted by molar-refractivity contribution is 0.191. The van der Waals surface area contributed by atoms with Crippen molar-refractivity contribution in [2.75, 3.05) is 19.6 Å². The van der Waals surface area contributed by atoms with Crippen LogP contribution in [0, 0.1) is 0 Å². The fourth-order valence-corrected chi connectivity index (χ4v) is 4.33. The maximum Gasteiger partial charge on any atom is 0.241 e. The number of rotatable bonds is 11. The molecule has 2 rings (SSSR count). The minimum Gasteiger partial charge on any atom is -0.392 e. The standard InChI is InChI=1S/C19H27ClN2O3S/c1-15(23)14-21-12-4-2-3-5-13-22-26(24,25)19-11-7-8-16-17(19)9-6-10-18(16)20/h6-11,15,21-23H,2-5,12-14H2,1H3. The average Bonchev–Trinajstić information content (AvgIpc) is 2.60. The van der Waals surface area contributed by atoms with Crippen molar-refractivity contribution in [3.05, 3.63) is 41.4 Å². The Labute approximate surface area is 160 Å². The predicted octanol–water partition coefficient (Wildman–Crippen LogP) is 3.30. The SMILES string of the molecule is CC(O)CNCCCCCCNS(=O)(=O)c1cccc2c(Cl)cccc12. The molecular weight excluding hydrogens is 372 g/mol. The summed E-state index contributed by atoms with van der Waals surface area (Å²) in [5, 5.41) is 14.2. The Balaban J connectivity index is 1.80. The highest BCUT2D eigenvalue weighted by atomic mass is 35.5. The second kappa shape index (κ2) is 10.2. The molecule has 26 heavy (non-hydrogen) atoms. The van der Waals surface area contributed by atoms with E-state index in [1.54, 1.807) is 37.3 Å². The van der Waals surface area contributed by atoms with E-state index in [0.717, 1.165) is 37.6 Å². The largest absolute Gasteiger partial charge is 0.392 e. The molecule has 5 nitrogen and oxygen atoms in total. The fourth-order valence-electron chi connectivity index (χ4n) is 2.80. The molecule has 0 spiro atoms. The first-order chi connectivity index (χ1) is 12.4. The zero-order valence-corrected chi connectivity index (χ0v) is 16.6. The van der Waals surface area contributed by atoms with Gasteiger partial charge in [0.05, 0.1) is 11.0 Å². The number of hydrogen-bond acceptors (Lipinski definition) is 4. The molecule has 2 aromatic rings. The molecular formula is C19H27ClN2O3S. The zero-order chi connectivity index (χ0) is 19.0. The smallest absolute Gasteiger partial charge is 0.241 e. The summed E-state index contributed by atoms with van der Waals surface area (Å²) >= 11 is 6.16. The molecule has 144 valence electrons. The molecule has 7 heteroatoms. The van der Waals surface area contributed by atoms with Crippen molar-refractivity contribution in [1.29, 1.82) is 0 Å². The van der Waals surface area contributed by atoms with Gasteiger partial charge in [-0.3, -0.25) is 0 Å². The Morgan fingerprint density at radius 2 is 1.65 bits per heavy atom. The lowest BCUT2D eigenvalue weighted by Gasteiger charge is -2.10. The Morgan fingerprint density at radius 3 is 2.38 bits per heavy atom. The lowest BCUT2D eigenvalue weighted by atomic mass is 10.1. The Bertz CT molecular complexity index is 810. The van der Waals surface area contributed by atoms with Gasteiger partial charge in [0, 0.05) is 28.9 Å². The van der Waals surface area contributed by atoms with Gasteiger partial charge in [0.15, 0.2) is 0 Å². The number of fused-ring (bicyclic) bond motifs is 1. The second-order valence-electron chi connectivity index (χ2n) is 6.46. The minimum atomic E-state index is -3.56. The summed E-state index contributed by atoms with van der Waals surface area (Å²) in [6, 6.07) is 10.4. The van der Waals surface area contributed by atoms with Crippen LogP contribution in [0.3, 0.4) is 0 Å². The summed E-state index contributed by atoms with van der Waals surface area (Å²) < 4.78 is 27.9. The quantitative estimate of drug-likeness (QED) is 0.507. The second-order valence-corrected chi connectivity index (χ2v) is 8.60. The predicted molar refractivity (Wildman–Crippen MR) is 107 cm³/mol. The van der Waals surface area contributed by atoms with E-state index in [-0.39, 0.29) is 11.0 Å². The van der Waals surface area contributed by atoms with E-state index in [1.807, 2.05) is 6.07 Å². The topological polar surface area (TPSA) is 78.4 Å². The molecule has 0 amide bonds. The molecule has 1 unspecified atom stereocenters. The molecule has 3 N–H and O–H groups in total. The number of unbranched alkanes of at least 4 members (excludes halogenated alkanes) is 3. The molecule has 1 atom stereocenters. The van der Waals surface area contributed by atoms with Crippen LogP contribution < -0.4 is 10.0 Å². The zero-order valence-electron chi connectivity index (χ0n) is 15.0. The van der Waals surface area contributed by atoms with E-state index >= 15 is 0 Å². The van der Waals surface area contributed by atoms with Gasteiger partial charge in [-0.2, -0.15) is 0 Å². The van der Waals surface area contributed by atoms with Crippen LogP contribution in [0.1, 0.15) is 32.6 Å². The molecule has 0 bridgehead atoms. The first-order valence-corrected chi connectivity index (χ1v) is 10.8. The summed E-state index contributed by atoms with van der Waals surface area (Å²) in [4.78, 5) is 0.264. The molecule has 0 aliphatic heterocycles. The molecule has 0 aliphatic rings. The van der Waals surface area contributed by atoms with Crippen LogP contribution in [0.2, 0.25) is 5.02 Å². The van der Waals surface area contributed by atoms with Gasteiger partial charge in [-0.15, -0.1) is 0 Å². The van der Waals surface area contributed by atoms with Crippen molar-refractivity contribution < 1.29 is 13.5 Å². The minimum absolute atomic E-state index is 0.264. The molecule has 0 saturated carbocycles. The van der Waals surface area contributed by atoms with Crippen LogP contribution in [0.5, 0.6) is 0 Å². The maximum absolute atomic E-state index is 12.6. The Morgan fingerprint density at radius 1 is 1.00 bits per heavy atom. The number of nitrogens with one attached hydrogen (secondary N) is 2.